The van der Waals surface area contributed by atoms with Crippen LogP contribution >= 0.6 is 0 Å². The topological polar surface area (TPSA) is 39.1 Å². The molecule has 0 bridgehead atoms. The first-order valence-electron chi connectivity index (χ1n) is 6.93. The number of imidazole rings is 1. The summed E-state index contributed by atoms with van der Waals surface area (Å²) in [5.41, 5.74) is 3.57. The number of hydrogen-bond donors (Lipinski definition) is 1. The van der Waals surface area contributed by atoms with Crippen molar-refractivity contribution < 1.29 is 4.74 Å². The first-order chi connectivity index (χ1) is 9.58. The highest BCUT2D eigenvalue weighted by Gasteiger charge is 2.09. The zero-order valence-corrected chi connectivity index (χ0v) is 12.7. The van der Waals surface area contributed by atoms with Crippen molar-refractivity contribution in [2.75, 3.05) is 19.0 Å². The third kappa shape index (κ3) is 3.84. The molecule has 0 amide bonds. The first kappa shape index (κ1) is 14.6. The van der Waals surface area contributed by atoms with Gasteiger partial charge in [-0.3, -0.25) is 0 Å². The standard InChI is InChI=1S/C16H23N3O/c1-12-5-7-15(8-6-12)10-19-9-13(2)17-16(19)18-14(3)11-20-4/h5-9,14H,10-11H2,1-4H3,(H,17,18). The molecule has 1 heterocycles. The van der Waals surface area contributed by atoms with Crippen molar-refractivity contribution in [1.82, 2.24) is 9.55 Å². The van der Waals surface area contributed by atoms with Crippen molar-refractivity contribution in [2.45, 2.75) is 33.4 Å². The van der Waals surface area contributed by atoms with Gasteiger partial charge >= 0.3 is 0 Å². The van der Waals surface area contributed by atoms with Crippen LogP contribution in [-0.2, 0) is 11.3 Å². The molecule has 2 aromatic rings. The normalized spacial score (nSPS) is 12.4. The zero-order valence-electron chi connectivity index (χ0n) is 12.7. The molecule has 20 heavy (non-hydrogen) atoms. The van der Waals surface area contributed by atoms with Gasteiger partial charge in [0.25, 0.3) is 0 Å². The Balaban J connectivity index is 2.12. The van der Waals surface area contributed by atoms with Gasteiger partial charge in [0.05, 0.1) is 18.8 Å². The predicted octanol–water partition coefficient (Wildman–Crippen LogP) is 3.00. The van der Waals surface area contributed by atoms with Gasteiger partial charge in [-0.25, -0.2) is 4.98 Å². The molecule has 0 radical (unpaired) electrons. The Bertz CT molecular complexity index is 545. The summed E-state index contributed by atoms with van der Waals surface area (Å²) in [7, 11) is 1.71. The molecule has 4 nitrogen and oxygen atoms in total. The number of hydrogen-bond acceptors (Lipinski definition) is 3. The molecule has 0 aliphatic rings. The summed E-state index contributed by atoms with van der Waals surface area (Å²) >= 11 is 0. The third-order valence-corrected chi connectivity index (χ3v) is 3.16. The number of rotatable bonds is 6. The molecule has 0 fully saturated rings. The van der Waals surface area contributed by atoms with Crippen LogP contribution in [0.1, 0.15) is 23.7 Å². The highest BCUT2D eigenvalue weighted by atomic mass is 16.5. The van der Waals surface area contributed by atoms with Crippen LogP contribution < -0.4 is 5.32 Å². The van der Waals surface area contributed by atoms with Crippen LogP contribution in [0.25, 0.3) is 0 Å². The molecule has 0 spiro atoms. The van der Waals surface area contributed by atoms with Gasteiger partial charge in [0.15, 0.2) is 0 Å². The van der Waals surface area contributed by atoms with Crippen LogP contribution in [0, 0.1) is 13.8 Å². The summed E-state index contributed by atoms with van der Waals surface area (Å²) in [6, 6.07) is 8.83. The van der Waals surface area contributed by atoms with Crippen LogP contribution in [-0.4, -0.2) is 29.3 Å². The SMILES string of the molecule is COCC(C)Nc1nc(C)cn1Cc1ccc(C)cc1. The van der Waals surface area contributed by atoms with Crippen molar-refractivity contribution in [3.8, 4) is 0 Å². The van der Waals surface area contributed by atoms with E-state index in [-0.39, 0.29) is 6.04 Å². The number of nitrogens with zero attached hydrogens (tertiary/aromatic N) is 2. The van der Waals surface area contributed by atoms with E-state index in [0.717, 1.165) is 18.2 Å². The molecule has 0 saturated heterocycles. The molecule has 1 aromatic carbocycles. The molecule has 2 rings (SSSR count). The first-order valence-corrected chi connectivity index (χ1v) is 6.93. The number of aromatic nitrogens is 2. The Morgan fingerprint density at radius 2 is 1.95 bits per heavy atom. The molecular weight excluding hydrogens is 250 g/mol. The number of aryl methyl sites for hydroxylation is 2. The van der Waals surface area contributed by atoms with E-state index in [0.29, 0.717) is 6.61 Å². The molecule has 1 unspecified atom stereocenters. The average molecular weight is 273 g/mol. The quantitative estimate of drug-likeness (QED) is 0.879. The summed E-state index contributed by atoms with van der Waals surface area (Å²) in [6.07, 6.45) is 2.07. The van der Waals surface area contributed by atoms with Gasteiger partial charge in [-0.1, -0.05) is 29.8 Å². The fourth-order valence-corrected chi connectivity index (χ4v) is 2.18. The number of nitrogens with one attached hydrogen (secondary N) is 1. The number of benzene rings is 1. The van der Waals surface area contributed by atoms with Crippen LogP contribution in [0.4, 0.5) is 5.95 Å². The minimum atomic E-state index is 0.235. The Morgan fingerprint density at radius 3 is 2.60 bits per heavy atom. The van der Waals surface area contributed by atoms with E-state index in [1.165, 1.54) is 11.1 Å². The highest BCUT2D eigenvalue weighted by molar-refractivity contribution is 5.32. The highest BCUT2D eigenvalue weighted by Crippen LogP contribution is 2.13. The number of ether oxygens (including phenoxy) is 1. The largest absolute Gasteiger partial charge is 0.383 e. The summed E-state index contributed by atoms with van der Waals surface area (Å²) in [5, 5.41) is 3.39. The second-order valence-electron chi connectivity index (χ2n) is 5.32. The molecule has 108 valence electrons. The molecule has 0 aliphatic carbocycles. The van der Waals surface area contributed by atoms with E-state index < -0.39 is 0 Å². The van der Waals surface area contributed by atoms with Crippen molar-refractivity contribution in [1.29, 1.82) is 0 Å². The van der Waals surface area contributed by atoms with Crippen LogP contribution in [0.3, 0.4) is 0 Å². The van der Waals surface area contributed by atoms with Crippen molar-refractivity contribution in [3.63, 3.8) is 0 Å². The van der Waals surface area contributed by atoms with E-state index in [1.54, 1.807) is 7.11 Å². The number of anilines is 1. The maximum Gasteiger partial charge on any atom is 0.203 e. The Kier molecular flexibility index (Phi) is 4.79. The van der Waals surface area contributed by atoms with Crippen molar-refractivity contribution >= 4 is 5.95 Å². The Morgan fingerprint density at radius 1 is 1.25 bits per heavy atom. The van der Waals surface area contributed by atoms with Crippen LogP contribution in [0.2, 0.25) is 0 Å². The molecule has 4 heteroatoms. The van der Waals surface area contributed by atoms with Crippen molar-refractivity contribution in [3.05, 3.63) is 47.3 Å². The van der Waals surface area contributed by atoms with Gasteiger partial charge in [0, 0.05) is 19.3 Å². The average Bonchev–Trinajstić information content (AvgIpc) is 2.72. The van der Waals surface area contributed by atoms with Gasteiger partial charge in [-0.05, 0) is 26.3 Å². The lowest BCUT2D eigenvalue weighted by molar-refractivity contribution is 0.190. The summed E-state index contributed by atoms with van der Waals surface area (Å²) in [6.45, 7) is 7.69. The Labute approximate surface area is 120 Å². The molecule has 0 aliphatic heterocycles. The van der Waals surface area contributed by atoms with E-state index >= 15 is 0 Å². The third-order valence-electron chi connectivity index (χ3n) is 3.16. The van der Waals surface area contributed by atoms with Gasteiger partial charge in [0.2, 0.25) is 5.95 Å². The monoisotopic (exact) mass is 273 g/mol. The fourth-order valence-electron chi connectivity index (χ4n) is 2.18. The lowest BCUT2D eigenvalue weighted by atomic mass is 10.1. The maximum absolute atomic E-state index is 5.15. The van der Waals surface area contributed by atoms with Gasteiger partial charge in [-0.2, -0.15) is 0 Å². The van der Waals surface area contributed by atoms with Crippen LogP contribution in [0.5, 0.6) is 0 Å². The molecule has 1 N–H and O–H groups in total. The smallest absolute Gasteiger partial charge is 0.203 e. The summed E-state index contributed by atoms with van der Waals surface area (Å²) < 4.78 is 7.30. The molecule has 1 atom stereocenters. The van der Waals surface area contributed by atoms with Gasteiger partial charge in [-0.15, -0.1) is 0 Å². The maximum atomic E-state index is 5.15. The molecule has 1 aromatic heterocycles. The molecule has 0 saturated carbocycles. The van der Waals surface area contributed by atoms with E-state index in [1.807, 2.05) is 6.92 Å². The summed E-state index contributed by atoms with van der Waals surface area (Å²) in [5.74, 6) is 0.896. The predicted molar refractivity (Wildman–Crippen MR) is 82.2 cm³/mol. The Hall–Kier alpha value is -1.81. The van der Waals surface area contributed by atoms with Crippen LogP contribution in [0.15, 0.2) is 30.5 Å². The molecular formula is C16H23N3O. The zero-order chi connectivity index (χ0) is 14.5. The second-order valence-corrected chi connectivity index (χ2v) is 5.32. The minimum Gasteiger partial charge on any atom is -0.383 e. The number of methoxy groups -OCH3 is 1. The van der Waals surface area contributed by atoms with E-state index in [2.05, 4.69) is 59.2 Å². The second kappa shape index (κ2) is 6.57. The summed E-state index contributed by atoms with van der Waals surface area (Å²) in [4.78, 5) is 4.54. The van der Waals surface area contributed by atoms with E-state index in [4.69, 9.17) is 4.74 Å². The van der Waals surface area contributed by atoms with Crippen molar-refractivity contribution in [2.24, 2.45) is 0 Å². The fraction of sp³-hybridized carbons (Fsp3) is 0.438. The lowest BCUT2D eigenvalue weighted by Gasteiger charge is -2.15. The van der Waals surface area contributed by atoms with E-state index in [9.17, 15) is 0 Å². The lowest BCUT2D eigenvalue weighted by Crippen LogP contribution is -2.23. The minimum absolute atomic E-state index is 0.235. The van der Waals surface area contributed by atoms with Gasteiger partial charge in [0.1, 0.15) is 0 Å². The van der Waals surface area contributed by atoms with Gasteiger partial charge < -0.3 is 14.6 Å².